The van der Waals surface area contributed by atoms with Crippen molar-refractivity contribution in [3.63, 3.8) is 0 Å². The molecule has 0 saturated carbocycles. The minimum Gasteiger partial charge on any atom is -0.385 e. The Morgan fingerprint density at radius 3 is 3.26 bits per heavy atom. The van der Waals surface area contributed by atoms with Crippen molar-refractivity contribution >= 4 is 11.2 Å². The number of imidazole rings is 1. The first-order chi connectivity index (χ1) is 9.40. The monoisotopic (exact) mass is 261 g/mol. The zero-order valence-electron chi connectivity index (χ0n) is 11.2. The van der Waals surface area contributed by atoms with Gasteiger partial charge in [-0.25, -0.2) is 9.97 Å². The quantitative estimate of drug-likeness (QED) is 0.775. The largest absolute Gasteiger partial charge is 0.385 e. The highest BCUT2D eigenvalue weighted by Crippen LogP contribution is 2.28. The molecule has 19 heavy (non-hydrogen) atoms. The average molecular weight is 261 g/mol. The molecule has 0 bridgehead atoms. The lowest BCUT2D eigenvalue weighted by atomic mass is 10.3. The summed E-state index contributed by atoms with van der Waals surface area (Å²) in [5.74, 6) is 1.05. The fourth-order valence-corrected chi connectivity index (χ4v) is 2.59. The van der Waals surface area contributed by atoms with Gasteiger partial charge in [-0.05, 0) is 31.4 Å². The first kappa shape index (κ1) is 12.6. The summed E-state index contributed by atoms with van der Waals surface area (Å²) in [5, 5.41) is 0. The number of aromatic nitrogens is 3. The molecule has 0 radical (unpaired) electrons. The van der Waals surface area contributed by atoms with E-state index in [1.54, 1.807) is 7.11 Å². The smallest absolute Gasteiger partial charge is 0.162 e. The number of pyridine rings is 1. The van der Waals surface area contributed by atoms with Gasteiger partial charge >= 0.3 is 0 Å². The van der Waals surface area contributed by atoms with Gasteiger partial charge < -0.3 is 9.47 Å². The van der Waals surface area contributed by atoms with Gasteiger partial charge in [-0.15, -0.1) is 0 Å². The molecule has 0 amide bonds. The predicted molar refractivity (Wildman–Crippen MR) is 71.9 cm³/mol. The first-order valence-electron chi connectivity index (χ1n) is 6.82. The summed E-state index contributed by atoms with van der Waals surface area (Å²) in [6.45, 7) is 1.58. The van der Waals surface area contributed by atoms with Gasteiger partial charge in [0, 0.05) is 32.9 Å². The van der Waals surface area contributed by atoms with E-state index in [-0.39, 0.29) is 6.23 Å². The number of methoxy groups -OCH3 is 1. The maximum Gasteiger partial charge on any atom is 0.162 e. The van der Waals surface area contributed by atoms with Crippen molar-refractivity contribution in [3.05, 3.63) is 24.2 Å². The molecule has 1 saturated heterocycles. The number of fused-ring (bicyclic) bond motifs is 1. The molecule has 5 heteroatoms. The lowest BCUT2D eigenvalue weighted by Crippen LogP contribution is -2.12. The number of ether oxygens (including phenoxy) is 2. The van der Waals surface area contributed by atoms with Crippen molar-refractivity contribution in [3.8, 4) is 0 Å². The number of hydrogen-bond donors (Lipinski definition) is 0. The summed E-state index contributed by atoms with van der Waals surface area (Å²) in [6.07, 6.45) is 5.91. The number of nitrogens with zero attached hydrogens (tertiary/aromatic N) is 3. The molecule has 1 unspecified atom stereocenters. The minimum atomic E-state index is 0.0949. The van der Waals surface area contributed by atoms with Crippen LogP contribution in [0, 0.1) is 0 Å². The van der Waals surface area contributed by atoms with E-state index in [0.29, 0.717) is 0 Å². The van der Waals surface area contributed by atoms with Gasteiger partial charge in [0.2, 0.25) is 0 Å². The van der Waals surface area contributed by atoms with Gasteiger partial charge in [-0.3, -0.25) is 4.57 Å². The molecule has 1 aliphatic rings. The van der Waals surface area contributed by atoms with Crippen LogP contribution in [0.1, 0.15) is 31.3 Å². The SMILES string of the molecule is COCCCc1nc2cccnc2n1C1CCCO1. The van der Waals surface area contributed by atoms with Crippen molar-refractivity contribution < 1.29 is 9.47 Å². The maximum atomic E-state index is 5.80. The van der Waals surface area contributed by atoms with Crippen LogP contribution in [0.5, 0.6) is 0 Å². The summed E-state index contributed by atoms with van der Waals surface area (Å²) in [6, 6.07) is 3.93. The number of rotatable bonds is 5. The Morgan fingerprint density at radius 2 is 2.47 bits per heavy atom. The van der Waals surface area contributed by atoms with E-state index in [0.717, 1.165) is 55.9 Å². The molecule has 2 aromatic rings. The molecular weight excluding hydrogens is 242 g/mol. The van der Waals surface area contributed by atoms with Crippen molar-refractivity contribution in [2.45, 2.75) is 31.9 Å². The normalized spacial score (nSPS) is 19.3. The Morgan fingerprint density at radius 1 is 1.53 bits per heavy atom. The van der Waals surface area contributed by atoms with Gasteiger partial charge in [-0.1, -0.05) is 0 Å². The summed E-state index contributed by atoms with van der Waals surface area (Å²) < 4.78 is 13.1. The van der Waals surface area contributed by atoms with E-state index in [4.69, 9.17) is 14.5 Å². The lowest BCUT2D eigenvalue weighted by molar-refractivity contribution is 0.0568. The third kappa shape index (κ3) is 2.48. The number of hydrogen-bond acceptors (Lipinski definition) is 4. The van der Waals surface area contributed by atoms with Crippen LogP contribution in [0.2, 0.25) is 0 Å². The van der Waals surface area contributed by atoms with E-state index in [2.05, 4.69) is 9.55 Å². The van der Waals surface area contributed by atoms with Gasteiger partial charge in [0.25, 0.3) is 0 Å². The van der Waals surface area contributed by atoms with Gasteiger partial charge in [-0.2, -0.15) is 0 Å². The van der Waals surface area contributed by atoms with Crippen molar-refractivity contribution in [2.75, 3.05) is 20.3 Å². The topological polar surface area (TPSA) is 49.2 Å². The van der Waals surface area contributed by atoms with Gasteiger partial charge in [0.15, 0.2) is 5.65 Å². The molecule has 0 aromatic carbocycles. The Kier molecular flexibility index (Phi) is 3.75. The molecule has 3 heterocycles. The van der Waals surface area contributed by atoms with Crippen LogP contribution in [0.4, 0.5) is 0 Å². The van der Waals surface area contributed by atoms with Crippen LogP contribution >= 0.6 is 0 Å². The highest BCUT2D eigenvalue weighted by Gasteiger charge is 2.23. The van der Waals surface area contributed by atoms with E-state index >= 15 is 0 Å². The third-order valence-corrected chi connectivity index (χ3v) is 3.46. The summed E-state index contributed by atoms with van der Waals surface area (Å²) in [7, 11) is 1.73. The van der Waals surface area contributed by atoms with E-state index < -0.39 is 0 Å². The molecule has 0 aliphatic carbocycles. The van der Waals surface area contributed by atoms with Crippen molar-refractivity contribution in [2.24, 2.45) is 0 Å². The van der Waals surface area contributed by atoms with Crippen molar-refractivity contribution in [1.82, 2.24) is 14.5 Å². The van der Waals surface area contributed by atoms with Crippen LogP contribution in [-0.2, 0) is 15.9 Å². The Labute approximate surface area is 112 Å². The van der Waals surface area contributed by atoms with E-state index in [1.807, 2.05) is 18.3 Å². The van der Waals surface area contributed by atoms with Gasteiger partial charge in [0.05, 0.1) is 0 Å². The second kappa shape index (κ2) is 5.67. The van der Waals surface area contributed by atoms with Crippen LogP contribution in [0.15, 0.2) is 18.3 Å². The zero-order valence-corrected chi connectivity index (χ0v) is 11.2. The summed E-state index contributed by atoms with van der Waals surface area (Å²) in [5.41, 5.74) is 1.88. The Balaban J connectivity index is 1.96. The maximum absolute atomic E-state index is 5.80. The highest BCUT2D eigenvalue weighted by molar-refractivity contribution is 5.71. The number of aryl methyl sites for hydroxylation is 1. The fourth-order valence-electron chi connectivity index (χ4n) is 2.59. The van der Waals surface area contributed by atoms with E-state index in [9.17, 15) is 0 Å². The standard InChI is InChI=1S/C14H19N3O2/c1-18-9-3-6-12-16-11-5-2-8-15-14(11)17(12)13-7-4-10-19-13/h2,5,8,13H,3-4,6-7,9-10H2,1H3. The molecule has 2 aromatic heterocycles. The Bertz CT molecular complexity index is 547. The summed E-state index contributed by atoms with van der Waals surface area (Å²) in [4.78, 5) is 9.16. The van der Waals surface area contributed by atoms with Crippen LogP contribution < -0.4 is 0 Å². The minimum absolute atomic E-state index is 0.0949. The van der Waals surface area contributed by atoms with Crippen LogP contribution in [0.3, 0.4) is 0 Å². The zero-order chi connectivity index (χ0) is 13.1. The van der Waals surface area contributed by atoms with E-state index in [1.165, 1.54) is 0 Å². The molecule has 1 atom stereocenters. The lowest BCUT2D eigenvalue weighted by Gasteiger charge is -2.15. The fraction of sp³-hybridized carbons (Fsp3) is 0.571. The molecule has 1 fully saturated rings. The molecule has 1 aliphatic heterocycles. The second-order valence-corrected chi connectivity index (χ2v) is 4.81. The molecule has 102 valence electrons. The summed E-state index contributed by atoms with van der Waals surface area (Å²) >= 11 is 0. The van der Waals surface area contributed by atoms with Crippen molar-refractivity contribution in [1.29, 1.82) is 0 Å². The van der Waals surface area contributed by atoms with Gasteiger partial charge in [0.1, 0.15) is 17.6 Å². The van der Waals surface area contributed by atoms with Crippen LogP contribution in [-0.4, -0.2) is 34.9 Å². The second-order valence-electron chi connectivity index (χ2n) is 4.81. The van der Waals surface area contributed by atoms with Crippen LogP contribution in [0.25, 0.3) is 11.2 Å². The predicted octanol–water partition coefficient (Wildman–Crippen LogP) is 2.32. The molecule has 3 rings (SSSR count). The first-order valence-corrected chi connectivity index (χ1v) is 6.82. The molecular formula is C14H19N3O2. The average Bonchev–Trinajstić information content (AvgIpc) is 3.04. The molecule has 0 N–H and O–H groups in total. The Hall–Kier alpha value is -1.46. The highest BCUT2D eigenvalue weighted by atomic mass is 16.5. The third-order valence-electron chi connectivity index (χ3n) is 3.46. The molecule has 0 spiro atoms. The molecule has 5 nitrogen and oxygen atoms in total.